The van der Waals surface area contributed by atoms with E-state index in [1.54, 1.807) is 19.1 Å². The molecule has 3 nitrogen and oxygen atoms in total. The molecule has 0 heterocycles. The van der Waals surface area contributed by atoms with Crippen molar-refractivity contribution in [3.63, 3.8) is 0 Å². The minimum atomic E-state index is -3.54. The topological polar surface area (TPSA) is 43.4 Å². The van der Waals surface area contributed by atoms with Crippen LogP contribution in [-0.2, 0) is 10.1 Å². The summed E-state index contributed by atoms with van der Waals surface area (Å²) in [6, 6.07) is 7.14. The highest BCUT2D eigenvalue weighted by Gasteiger charge is 2.22. The number of rotatable bonds is 15. The van der Waals surface area contributed by atoms with Gasteiger partial charge in [0.25, 0.3) is 0 Å². The van der Waals surface area contributed by atoms with Gasteiger partial charge in [-0.05, 0) is 32.4 Å². The van der Waals surface area contributed by atoms with E-state index < -0.39 is 15.4 Å². The Hall–Kier alpha value is -1.03. The van der Waals surface area contributed by atoms with E-state index in [1.807, 2.05) is 19.1 Å². The summed E-state index contributed by atoms with van der Waals surface area (Å²) in [5, 5.41) is -0.456. The summed E-state index contributed by atoms with van der Waals surface area (Å²) in [7, 11) is -3.54. The first-order chi connectivity index (χ1) is 12.5. The van der Waals surface area contributed by atoms with Crippen LogP contribution >= 0.6 is 0 Å². The second kappa shape index (κ2) is 13.2. The molecule has 0 fully saturated rings. The monoisotopic (exact) mass is 382 g/mol. The number of benzene rings is 1. The fourth-order valence-electron chi connectivity index (χ4n) is 3.05. The van der Waals surface area contributed by atoms with Crippen molar-refractivity contribution in [2.24, 2.45) is 0 Å². The molecular weight excluding hydrogens is 344 g/mol. The summed E-state index contributed by atoms with van der Waals surface area (Å²) in [5.74, 6) is 0.404. The second-order valence-corrected chi connectivity index (χ2v) is 9.48. The molecule has 26 heavy (non-hydrogen) atoms. The Morgan fingerprint density at radius 2 is 1.27 bits per heavy atom. The summed E-state index contributed by atoms with van der Waals surface area (Å²) in [6.07, 6.45) is 14.7. The predicted octanol–water partition coefficient (Wildman–Crippen LogP) is 6.79. The highest BCUT2D eigenvalue weighted by atomic mass is 32.2. The van der Waals surface area contributed by atoms with Crippen LogP contribution in [0.5, 0.6) is 5.75 Å². The molecule has 4 heteroatoms. The van der Waals surface area contributed by atoms with Gasteiger partial charge in [-0.1, -0.05) is 95.2 Å². The zero-order chi connectivity index (χ0) is 19.3. The van der Waals surface area contributed by atoms with Crippen molar-refractivity contribution < 1.29 is 12.6 Å². The summed E-state index contributed by atoms with van der Waals surface area (Å²) in [4.78, 5) is 0. The van der Waals surface area contributed by atoms with Crippen molar-refractivity contribution in [1.29, 1.82) is 0 Å². The molecule has 0 saturated heterocycles. The van der Waals surface area contributed by atoms with Crippen LogP contribution in [0.25, 0.3) is 0 Å². The highest BCUT2D eigenvalue weighted by Crippen LogP contribution is 2.19. The molecule has 0 radical (unpaired) electrons. The fourth-order valence-corrected chi connectivity index (χ4v) is 4.05. The average Bonchev–Trinajstić information content (AvgIpc) is 2.61. The minimum Gasteiger partial charge on any atom is -0.382 e. The summed E-state index contributed by atoms with van der Waals surface area (Å²) < 4.78 is 29.8. The van der Waals surface area contributed by atoms with Gasteiger partial charge in [0.2, 0.25) is 0 Å². The Morgan fingerprint density at radius 1 is 0.808 bits per heavy atom. The first-order valence-electron chi connectivity index (χ1n) is 10.5. The minimum absolute atomic E-state index is 0.404. The third kappa shape index (κ3) is 10.2. The van der Waals surface area contributed by atoms with E-state index in [9.17, 15) is 8.42 Å². The van der Waals surface area contributed by atoms with Crippen LogP contribution < -0.4 is 4.18 Å². The second-order valence-electron chi connectivity index (χ2n) is 7.52. The largest absolute Gasteiger partial charge is 0.382 e. The van der Waals surface area contributed by atoms with Crippen LogP contribution in [0, 0.1) is 6.92 Å². The van der Waals surface area contributed by atoms with E-state index in [1.165, 1.54) is 57.8 Å². The molecule has 0 aromatic heterocycles. The lowest BCUT2D eigenvalue weighted by molar-refractivity contribution is 0.464. The van der Waals surface area contributed by atoms with Crippen LogP contribution in [0.1, 0.15) is 96.5 Å². The van der Waals surface area contributed by atoms with Crippen LogP contribution in [0.4, 0.5) is 0 Å². The summed E-state index contributed by atoms with van der Waals surface area (Å²) in [6.45, 7) is 5.97. The van der Waals surface area contributed by atoms with Crippen molar-refractivity contribution in [2.75, 3.05) is 0 Å². The lowest BCUT2D eigenvalue weighted by Crippen LogP contribution is -2.23. The first-order valence-corrected chi connectivity index (χ1v) is 11.9. The number of aryl methyl sites for hydroxylation is 1. The third-order valence-electron chi connectivity index (χ3n) is 4.94. The molecule has 150 valence electrons. The van der Waals surface area contributed by atoms with Crippen LogP contribution in [0.2, 0.25) is 0 Å². The Labute approximate surface area is 161 Å². The van der Waals surface area contributed by atoms with Gasteiger partial charge in [0.1, 0.15) is 5.75 Å². The third-order valence-corrected chi connectivity index (χ3v) is 6.59. The van der Waals surface area contributed by atoms with Crippen molar-refractivity contribution in [1.82, 2.24) is 0 Å². The standard InChI is InChI=1S/C22H38O3S/c1-4-5-6-7-8-9-10-11-12-13-14-15-21(3)26(23,24)25-22-18-16-20(2)17-19-22/h16-19,21H,4-15H2,1-3H3. The number of hydrogen-bond donors (Lipinski definition) is 0. The lowest BCUT2D eigenvalue weighted by Gasteiger charge is -2.13. The number of hydrogen-bond acceptors (Lipinski definition) is 3. The van der Waals surface area contributed by atoms with E-state index >= 15 is 0 Å². The predicted molar refractivity (Wildman–Crippen MR) is 111 cm³/mol. The molecule has 1 atom stereocenters. The van der Waals surface area contributed by atoms with Crippen LogP contribution in [0.15, 0.2) is 24.3 Å². The average molecular weight is 383 g/mol. The molecule has 1 aromatic rings. The van der Waals surface area contributed by atoms with Gasteiger partial charge >= 0.3 is 10.1 Å². The van der Waals surface area contributed by atoms with Gasteiger partial charge in [-0.25, -0.2) is 0 Å². The van der Waals surface area contributed by atoms with Crippen LogP contribution in [-0.4, -0.2) is 13.7 Å². The molecule has 0 amide bonds. The molecule has 1 unspecified atom stereocenters. The number of unbranched alkanes of at least 4 members (excludes halogenated alkanes) is 10. The summed E-state index contributed by atoms with van der Waals surface area (Å²) in [5.41, 5.74) is 1.09. The Morgan fingerprint density at radius 3 is 1.77 bits per heavy atom. The van der Waals surface area contributed by atoms with Gasteiger partial charge in [0, 0.05) is 0 Å². The molecule has 0 aliphatic carbocycles. The Balaban J connectivity index is 2.10. The van der Waals surface area contributed by atoms with Gasteiger partial charge in [0.15, 0.2) is 0 Å². The molecule has 1 rings (SSSR count). The molecule has 1 aromatic carbocycles. The van der Waals surface area contributed by atoms with Gasteiger partial charge in [-0.15, -0.1) is 0 Å². The van der Waals surface area contributed by atoms with Crippen molar-refractivity contribution in [3.05, 3.63) is 29.8 Å². The van der Waals surface area contributed by atoms with Gasteiger partial charge in [-0.2, -0.15) is 8.42 Å². The van der Waals surface area contributed by atoms with E-state index in [0.717, 1.165) is 18.4 Å². The highest BCUT2D eigenvalue weighted by molar-refractivity contribution is 7.87. The van der Waals surface area contributed by atoms with E-state index in [2.05, 4.69) is 6.92 Å². The van der Waals surface area contributed by atoms with Gasteiger partial charge < -0.3 is 4.18 Å². The molecule has 0 saturated carbocycles. The normalized spacial score (nSPS) is 12.9. The van der Waals surface area contributed by atoms with Gasteiger partial charge in [0.05, 0.1) is 5.25 Å². The first kappa shape index (κ1) is 23.0. The van der Waals surface area contributed by atoms with Crippen LogP contribution in [0.3, 0.4) is 0 Å². The maximum Gasteiger partial charge on any atom is 0.311 e. The van der Waals surface area contributed by atoms with Crippen molar-refractivity contribution in [2.45, 2.75) is 103 Å². The fraction of sp³-hybridized carbons (Fsp3) is 0.727. The van der Waals surface area contributed by atoms with E-state index in [0.29, 0.717) is 12.2 Å². The zero-order valence-electron chi connectivity index (χ0n) is 17.0. The molecule has 0 aliphatic rings. The molecule has 0 spiro atoms. The zero-order valence-corrected chi connectivity index (χ0v) is 17.8. The summed E-state index contributed by atoms with van der Waals surface area (Å²) >= 11 is 0. The molecule has 0 N–H and O–H groups in total. The SMILES string of the molecule is CCCCCCCCCCCCCC(C)S(=O)(=O)Oc1ccc(C)cc1. The van der Waals surface area contributed by atoms with Gasteiger partial charge in [-0.3, -0.25) is 0 Å². The quantitative estimate of drug-likeness (QED) is 0.248. The maximum atomic E-state index is 12.3. The van der Waals surface area contributed by atoms with E-state index in [4.69, 9.17) is 4.18 Å². The lowest BCUT2D eigenvalue weighted by atomic mass is 10.0. The molecule has 0 bridgehead atoms. The maximum absolute atomic E-state index is 12.3. The Kier molecular flexibility index (Phi) is 11.7. The molecule has 0 aliphatic heterocycles. The Bertz CT molecular complexity index is 564. The van der Waals surface area contributed by atoms with E-state index in [-0.39, 0.29) is 0 Å². The smallest absolute Gasteiger partial charge is 0.311 e. The molecular formula is C22H38O3S. The van der Waals surface area contributed by atoms with Crippen molar-refractivity contribution in [3.8, 4) is 5.75 Å². The van der Waals surface area contributed by atoms with Crippen molar-refractivity contribution >= 4 is 10.1 Å².